The second-order valence-corrected chi connectivity index (χ2v) is 10.2. The van der Waals surface area contributed by atoms with Gasteiger partial charge in [0.2, 0.25) is 15.9 Å². The van der Waals surface area contributed by atoms with E-state index >= 15 is 0 Å². The maximum Gasteiger partial charge on any atom is 0.243 e. The van der Waals surface area contributed by atoms with Gasteiger partial charge in [-0.1, -0.05) is 12.8 Å². The molecule has 5 nitrogen and oxygen atoms in total. The van der Waals surface area contributed by atoms with Crippen molar-refractivity contribution in [2.75, 3.05) is 5.32 Å². The summed E-state index contributed by atoms with van der Waals surface area (Å²) in [7, 11) is -3.55. The van der Waals surface area contributed by atoms with E-state index in [9.17, 15) is 13.2 Å². The number of nitrogens with zero attached hydrogens (tertiary/aromatic N) is 1. The molecule has 136 valence electrons. The average Bonchev–Trinajstić information content (AvgIpc) is 3.01. The molecular weight excluding hydrogens is 336 g/mol. The topological polar surface area (TPSA) is 66.5 Å². The zero-order valence-corrected chi connectivity index (χ0v) is 15.9. The van der Waals surface area contributed by atoms with Crippen LogP contribution in [0.5, 0.6) is 0 Å². The molecule has 1 amide bonds. The predicted octanol–water partition coefficient (Wildman–Crippen LogP) is 3.26. The monoisotopic (exact) mass is 362 g/mol. The van der Waals surface area contributed by atoms with E-state index in [1.807, 2.05) is 20.8 Å². The van der Waals surface area contributed by atoms with E-state index in [2.05, 4.69) is 5.32 Å². The molecule has 0 spiro atoms. The van der Waals surface area contributed by atoms with Crippen LogP contribution in [0, 0.1) is 5.92 Å². The van der Waals surface area contributed by atoms with Crippen LogP contribution < -0.4 is 5.32 Å². The molecule has 2 heterocycles. The number of benzene rings is 1. The highest BCUT2D eigenvalue weighted by Crippen LogP contribution is 2.44. The van der Waals surface area contributed by atoms with Crippen LogP contribution in [-0.4, -0.2) is 30.7 Å². The molecule has 0 aromatic heterocycles. The molecule has 1 saturated heterocycles. The van der Waals surface area contributed by atoms with Crippen molar-refractivity contribution in [2.45, 2.75) is 75.3 Å². The third-order valence-electron chi connectivity index (χ3n) is 6.33. The van der Waals surface area contributed by atoms with Crippen molar-refractivity contribution in [3.63, 3.8) is 0 Å². The van der Waals surface area contributed by atoms with Crippen LogP contribution >= 0.6 is 0 Å². The van der Waals surface area contributed by atoms with E-state index in [-0.39, 0.29) is 18.0 Å². The summed E-state index contributed by atoms with van der Waals surface area (Å²) in [6, 6.07) is 5.24. The normalized spacial score (nSPS) is 31.5. The number of rotatable bonds is 2. The summed E-state index contributed by atoms with van der Waals surface area (Å²) >= 11 is 0. The van der Waals surface area contributed by atoms with E-state index in [1.165, 1.54) is 6.42 Å². The van der Waals surface area contributed by atoms with E-state index in [0.717, 1.165) is 36.9 Å². The molecular formula is C19H26N2O3S. The molecule has 0 unspecified atom stereocenters. The van der Waals surface area contributed by atoms with Gasteiger partial charge in [-0.05, 0) is 69.7 Å². The Balaban J connectivity index is 1.75. The number of nitrogens with one attached hydrogen (secondary N) is 1. The van der Waals surface area contributed by atoms with Crippen molar-refractivity contribution in [3.05, 3.63) is 23.8 Å². The number of amides is 1. The van der Waals surface area contributed by atoms with Gasteiger partial charge in [0.05, 0.1) is 10.3 Å². The average molecular weight is 362 g/mol. The van der Waals surface area contributed by atoms with Gasteiger partial charge >= 0.3 is 0 Å². The van der Waals surface area contributed by atoms with Crippen LogP contribution in [-0.2, 0) is 20.2 Å². The maximum atomic E-state index is 13.4. The fourth-order valence-electron chi connectivity index (χ4n) is 4.91. The molecule has 1 aliphatic carbocycles. The highest BCUT2D eigenvalue weighted by molar-refractivity contribution is 7.89. The van der Waals surface area contributed by atoms with Crippen LogP contribution in [0.15, 0.2) is 23.1 Å². The fourth-order valence-corrected chi connectivity index (χ4v) is 6.86. The van der Waals surface area contributed by atoms with Gasteiger partial charge in [-0.15, -0.1) is 0 Å². The van der Waals surface area contributed by atoms with Crippen LogP contribution in [0.4, 0.5) is 5.69 Å². The molecule has 4 rings (SSSR count). The van der Waals surface area contributed by atoms with Crippen molar-refractivity contribution in [2.24, 2.45) is 5.92 Å². The Labute approximate surface area is 149 Å². The molecule has 1 saturated carbocycles. The van der Waals surface area contributed by atoms with Gasteiger partial charge in [0.15, 0.2) is 0 Å². The van der Waals surface area contributed by atoms with E-state index in [0.29, 0.717) is 10.8 Å². The van der Waals surface area contributed by atoms with Crippen LogP contribution in [0.25, 0.3) is 0 Å². The first-order valence-corrected chi connectivity index (χ1v) is 10.7. The lowest BCUT2D eigenvalue weighted by atomic mass is 9.85. The first kappa shape index (κ1) is 17.0. The molecule has 2 fully saturated rings. The lowest BCUT2D eigenvalue weighted by Crippen LogP contribution is -2.42. The van der Waals surface area contributed by atoms with Crippen LogP contribution in [0.3, 0.4) is 0 Å². The van der Waals surface area contributed by atoms with Gasteiger partial charge in [0.1, 0.15) is 0 Å². The maximum absolute atomic E-state index is 13.4. The largest absolute Gasteiger partial charge is 0.325 e. The summed E-state index contributed by atoms with van der Waals surface area (Å²) in [5, 5.41) is 2.84. The SMILES string of the molecule is C[C@@H]1C[C@@H]2CCCC[C@H]2N1S(=O)(=O)c1ccc2c(c1)C(C)(C)C(=O)N2. The summed E-state index contributed by atoms with van der Waals surface area (Å²) in [4.78, 5) is 12.5. The number of carbonyl (C=O) groups excluding carboxylic acids is 1. The molecule has 3 atom stereocenters. The molecule has 1 N–H and O–H groups in total. The summed E-state index contributed by atoms with van der Waals surface area (Å²) in [5.74, 6) is 0.409. The first-order chi connectivity index (χ1) is 11.7. The summed E-state index contributed by atoms with van der Waals surface area (Å²) in [6.45, 7) is 5.69. The van der Waals surface area contributed by atoms with Gasteiger partial charge < -0.3 is 5.32 Å². The molecule has 0 bridgehead atoms. The van der Waals surface area contributed by atoms with Gasteiger partial charge in [-0.25, -0.2) is 8.42 Å². The van der Waals surface area contributed by atoms with Crippen molar-refractivity contribution in [1.29, 1.82) is 0 Å². The van der Waals surface area contributed by atoms with Crippen molar-refractivity contribution in [3.8, 4) is 0 Å². The van der Waals surface area contributed by atoms with Crippen molar-refractivity contribution >= 4 is 21.6 Å². The summed E-state index contributed by atoms with van der Waals surface area (Å²) < 4.78 is 28.6. The zero-order valence-electron chi connectivity index (χ0n) is 15.1. The number of fused-ring (bicyclic) bond motifs is 2. The number of carbonyl (C=O) groups is 1. The lowest BCUT2D eigenvalue weighted by molar-refractivity contribution is -0.119. The third kappa shape index (κ3) is 2.45. The molecule has 1 aromatic carbocycles. The first-order valence-electron chi connectivity index (χ1n) is 9.22. The van der Waals surface area contributed by atoms with Gasteiger partial charge in [0.25, 0.3) is 0 Å². The molecule has 6 heteroatoms. The number of hydrogen-bond acceptors (Lipinski definition) is 3. The Morgan fingerprint density at radius 3 is 2.68 bits per heavy atom. The van der Waals surface area contributed by atoms with E-state index < -0.39 is 15.4 Å². The van der Waals surface area contributed by atoms with Crippen LogP contribution in [0.2, 0.25) is 0 Å². The molecule has 0 radical (unpaired) electrons. The van der Waals surface area contributed by atoms with E-state index in [1.54, 1.807) is 22.5 Å². The predicted molar refractivity (Wildman–Crippen MR) is 96.9 cm³/mol. The zero-order chi connectivity index (χ0) is 18.0. The Bertz CT molecular complexity index is 831. The van der Waals surface area contributed by atoms with Crippen LogP contribution in [0.1, 0.15) is 58.4 Å². The van der Waals surface area contributed by atoms with Crippen molar-refractivity contribution in [1.82, 2.24) is 4.31 Å². The third-order valence-corrected chi connectivity index (χ3v) is 8.37. The fraction of sp³-hybridized carbons (Fsp3) is 0.632. The highest BCUT2D eigenvalue weighted by atomic mass is 32.2. The van der Waals surface area contributed by atoms with Gasteiger partial charge in [-0.2, -0.15) is 4.31 Å². The quantitative estimate of drug-likeness (QED) is 0.878. The number of sulfonamides is 1. The summed E-state index contributed by atoms with van der Waals surface area (Å²) in [6.07, 6.45) is 5.37. The second-order valence-electron chi connectivity index (χ2n) is 8.32. The Hall–Kier alpha value is -1.40. The second kappa shape index (κ2) is 5.55. The lowest BCUT2D eigenvalue weighted by Gasteiger charge is -2.32. The standard InChI is InChI=1S/C19H26N2O3S/c1-12-10-13-6-4-5-7-17(13)21(12)25(23,24)14-8-9-16-15(11-14)19(2,3)18(22)20-16/h8-9,11-13,17H,4-7,10H2,1-3H3,(H,20,22)/t12-,13+,17-/m1/s1. The Kier molecular flexibility index (Phi) is 3.78. The molecule has 3 aliphatic rings. The number of hydrogen-bond donors (Lipinski definition) is 1. The van der Waals surface area contributed by atoms with Gasteiger partial charge in [0, 0.05) is 17.8 Å². The molecule has 25 heavy (non-hydrogen) atoms. The Morgan fingerprint density at radius 1 is 1.20 bits per heavy atom. The smallest absolute Gasteiger partial charge is 0.243 e. The molecule has 1 aromatic rings. The van der Waals surface area contributed by atoms with Crippen molar-refractivity contribution < 1.29 is 13.2 Å². The Morgan fingerprint density at radius 2 is 1.92 bits per heavy atom. The summed E-state index contributed by atoms with van der Waals surface area (Å²) in [5.41, 5.74) is 0.787. The number of anilines is 1. The minimum absolute atomic E-state index is 0.0409. The highest BCUT2D eigenvalue weighted by Gasteiger charge is 2.47. The van der Waals surface area contributed by atoms with Gasteiger partial charge in [-0.3, -0.25) is 4.79 Å². The minimum atomic E-state index is -3.55. The minimum Gasteiger partial charge on any atom is -0.325 e. The molecule has 2 aliphatic heterocycles. The van der Waals surface area contributed by atoms with E-state index in [4.69, 9.17) is 0 Å².